The Hall–Kier alpha value is -2.04. The van der Waals surface area contributed by atoms with Crippen molar-refractivity contribution in [1.82, 2.24) is 9.80 Å². The third-order valence-electron chi connectivity index (χ3n) is 4.15. The molecule has 1 aromatic carbocycles. The van der Waals surface area contributed by atoms with E-state index in [1.54, 1.807) is 28.9 Å². The first-order valence-electron chi connectivity index (χ1n) is 7.78. The van der Waals surface area contributed by atoms with Crippen LogP contribution in [0.1, 0.15) is 49.0 Å². The lowest BCUT2D eigenvalue weighted by Crippen LogP contribution is -2.36. The van der Waals surface area contributed by atoms with Gasteiger partial charge in [0.15, 0.2) is 0 Å². The fraction of sp³-hybridized carbons (Fsp3) is 0.529. The van der Waals surface area contributed by atoms with Crippen molar-refractivity contribution in [1.29, 1.82) is 0 Å². The zero-order valence-corrected chi connectivity index (χ0v) is 13.5. The minimum Gasteiger partial charge on any atom is -0.507 e. The maximum atomic E-state index is 12.7. The number of phenols is 1. The summed E-state index contributed by atoms with van der Waals surface area (Å²) < 4.78 is 0. The fourth-order valence-electron chi connectivity index (χ4n) is 2.69. The van der Waals surface area contributed by atoms with Crippen LogP contribution in [-0.4, -0.2) is 52.9 Å². The maximum absolute atomic E-state index is 12.7. The summed E-state index contributed by atoms with van der Waals surface area (Å²) >= 11 is 0. The van der Waals surface area contributed by atoms with Crippen LogP contribution in [-0.2, 0) is 4.79 Å². The van der Waals surface area contributed by atoms with Crippen molar-refractivity contribution in [3.05, 3.63) is 29.3 Å². The lowest BCUT2D eigenvalue weighted by Gasteiger charge is -2.22. The van der Waals surface area contributed by atoms with Gasteiger partial charge in [0.1, 0.15) is 5.75 Å². The van der Waals surface area contributed by atoms with Crippen LogP contribution in [0.4, 0.5) is 0 Å². The summed E-state index contributed by atoms with van der Waals surface area (Å²) in [5.41, 5.74) is 1.38. The molecule has 1 aromatic rings. The van der Waals surface area contributed by atoms with Crippen LogP contribution >= 0.6 is 0 Å². The van der Waals surface area contributed by atoms with Crippen LogP contribution in [0.15, 0.2) is 18.2 Å². The van der Waals surface area contributed by atoms with E-state index < -0.39 is 0 Å². The minimum atomic E-state index is -0.162. The molecule has 1 heterocycles. The second-order valence-corrected chi connectivity index (χ2v) is 6.08. The van der Waals surface area contributed by atoms with Gasteiger partial charge in [0.25, 0.3) is 5.91 Å². The summed E-state index contributed by atoms with van der Waals surface area (Å²) in [6.07, 6.45) is 0.760. The minimum absolute atomic E-state index is 0.0158. The fourth-order valence-corrected chi connectivity index (χ4v) is 2.69. The second-order valence-electron chi connectivity index (χ2n) is 6.08. The summed E-state index contributed by atoms with van der Waals surface area (Å²) in [6.45, 7) is 7.99. The molecule has 1 aliphatic rings. The van der Waals surface area contributed by atoms with Gasteiger partial charge in [-0.2, -0.15) is 0 Å². The molecule has 0 atom stereocenters. The molecule has 22 heavy (non-hydrogen) atoms. The van der Waals surface area contributed by atoms with E-state index in [1.165, 1.54) is 0 Å². The van der Waals surface area contributed by atoms with E-state index in [-0.39, 0.29) is 17.6 Å². The van der Waals surface area contributed by atoms with Crippen LogP contribution < -0.4 is 0 Å². The van der Waals surface area contributed by atoms with Gasteiger partial charge in [-0.3, -0.25) is 9.59 Å². The van der Waals surface area contributed by atoms with E-state index in [4.69, 9.17) is 0 Å². The molecule has 0 saturated carbocycles. The van der Waals surface area contributed by atoms with Gasteiger partial charge >= 0.3 is 0 Å². The number of aromatic hydroxyl groups is 1. The SMILES string of the molecule is CC(=O)N1CCCN(C(=O)c2cc(C(C)C)ccc2O)CC1. The molecule has 120 valence electrons. The number of hydrogen-bond acceptors (Lipinski definition) is 3. The quantitative estimate of drug-likeness (QED) is 0.911. The summed E-state index contributed by atoms with van der Waals surface area (Å²) in [5, 5.41) is 10.0. The molecule has 5 heteroatoms. The van der Waals surface area contributed by atoms with Crippen molar-refractivity contribution >= 4 is 11.8 Å². The van der Waals surface area contributed by atoms with E-state index in [2.05, 4.69) is 13.8 Å². The highest BCUT2D eigenvalue weighted by molar-refractivity contribution is 5.97. The Balaban J connectivity index is 2.17. The Morgan fingerprint density at radius 3 is 2.36 bits per heavy atom. The summed E-state index contributed by atoms with van der Waals surface area (Å²) in [7, 11) is 0. The van der Waals surface area contributed by atoms with E-state index >= 15 is 0 Å². The lowest BCUT2D eigenvalue weighted by molar-refractivity contribution is -0.128. The topological polar surface area (TPSA) is 60.9 Å². The van der Waals surface area contributed by atoms with Crippen molar-refractivity contribution in [3.8, 4) is 5.75 Å². The molecule has 0 unspecified atom stereocenters. The Bertz CT molecular complexity index is 569. The van der Waals surface area contributed by atoms with E-state index in [0.717, 1.165) is 12.0 Å². The molecule has 5 nitrogen and oxygen atoms in total. The van der Waals surface area contributed by atoms with Gasteiger partial charge in [-0.05, 0) is 30.0 Å². The molecule has 0 spiro atoms. The Morgan fingerprint density at radius 1 is 1.09 bits per heavy atom. The first kappa shape index (κ1) is 16.3. The normalized spacial score (nSPS) is 15.8. The van der Waals surface area contributed by atoms with Crippen molar-refractivity contribution in [3.63, 3.8) is 0 Å². The molecule has 0 aromatic heterocycles. The molecule has 2 rings (SSSR count). The maximum Gasteiger partial charge on any atom is 0.257 e. The summed E-state index contributed by atoms with van der Waals surface area (Å²) in [5.74, 6) is 0.191. The van der Waals surface area contributed by atoms with Crippen molar-refractivity contribution in [2.75, 3.05) is 26.2 Å². The summed E-state index contributed by atoms with van der Waals surface area (Å²) in [4.78, 5) is 27.6. The van der Waals surface area contributed by atoms with E-state index in [0.29, 0.717) is 37.7 Å². The number of rotatable bonds is 2. The average Bonchev–Trinajstić information content (AvgIpc) is 2.72. The highest BCUT2D eigenvalue weighted by Crippen LogP contribution is 2.25. The predicted molar refractivity (Wildman–Crippen MR) is 85.0 cm³/mol. The highest BCUT2D eigenvalue weighted by Gasteiger charge is 2.23. The van der Waals surface area contributed by atoms with Crippen LogP contribution in [0, 0.1) is 0 Å². The van der Waals surface area contributed by atoms with E-state index in [9.17, 15) is 14.7 Å². The highest BCUT2D eigenvalue weighted by atomic mass is 16.3. The van der Waals surface area contributed by atoms with Gasteiger partial charge in [-0.1, -0.05) is 19.9 Å². The van der Waals surface area contributed by atoms with Gasteiger partial charge in [-0.15, -0.1) is 0 Å². The third-order valence-corrected chi connectivity index (χ3v) is 4.15. The average molecular weight is 304 g/mol. The van der Waals surface area contributed by atoms with Crippen molar-refractivity contribution in [2.45, 2.75) is 33.1 Å². The van der Waals surface area contributed by atoms with Gasteiger partial charge in [-0.25, -0.2) is 0 Å². The summed E-state index contributed by atoms with van der Waals surface area (Å²) in [6, 6.07) is 5.20. The predicted octanol–water partition coefficient (Wildman–Crippen LogP) is 2.21. The molecule has 0 bridgehead atoms. The molecular formula is C17H24N2O3. The van der Waals surface area contributed by atoms with Crippen LogP contribution in [0.25, 0.3) is 0 Å². The van der Waals surface area contributed by atoms with Crippen LogP contribution in [0.5, 0.6) is 5.75 Å². The number of phenolic OH excluding ortho intramolecular Hbond substituents is 1. The first-order chi connectivity index (χ1) is 10.4. The van der Waals surface area contributed by atoms with E-state index in [1.807, 2.05) is 6.07 Å². The third kappa shape index (κ3) is 3.59. The smallest absolute Gasteiger partial charge is 0.257 e. The van der Waals surface area contributed by atoms with Gasteiger partial charge in [0.2, 0.25) is 5.91 Å². The molecule has 1 aliphatic heterocycles. The first-order valence-corrected chi connectivity index (χ1v) is 7.78. The molecule has 1 fully saturated rings. The van der Waals surface area contributed by atoms with Crippen molar-refractivity contribution in [2.24, 2.45) is 0 Å². The Morgan fingerprint density at radius 2 is 1.73 bits per heavy atom. The molecule has 1 saturated heterocycles. The van der Waals surface area contributed by atoms with Crippen molar-refractivity contribution < 1.29 is 14.7 Å². The molecule has 0 aliphatic carbocycles. The number of benzene rings is 1. The standard InChI is InChI=1S/C17H24N2O3/c1-12(2)14-5-6-16(21)15(11-14)17(22)19-8-4-7-18(9-10-19)13(3)20/h5-6,11-12,21H,4,7-10H2,1-3H3. The van der Waals surface area contributed by atoms with Gasteiger partial charge in [0.05, 0.1) is 5.56 Å². The lowest BCUT2D eigenvalue weighted by atomic mass is 9.99. The zero-order valence-electron chi connectivity index (χ0n) is 13.5. The second kappa shape index (κ2) is 6.81. The number of hydrogen-bond donors (Lipinski definition) is 1. The number of nitrogens with zero attached hydrogens (tertiary/aromatic N) is 2. The Labute approximate surface area is 131 Å². The monoisotopic (exact) mass is 304 g/mol. The van der Waals surface area contributed by atoms with Crippen LogP contribution in [0.2, 0.25) is 0 Å². The Kier molecular flexibility index (Phi) is 5.06. The zero-order chi connectivity index (χ0) is 16.3. The molecule has 0 radical (unpaired) electrons. The molecule has 2 amide bonds. The largest absolute Gasteiger partial charge is 0.507 e. The number of carbonyl (C=O) groups excluding carboxylic acids is 2. The molecular weight excluding hydrogens is 280 g/mol. The van der Waals surface area contributed by atoms with Gasteiger partial charge in [0, 0.05) is 33.1 Å². The number of amides is 2. The molecule has 1 N–H and O–H groups in total. The van der Waals surface area contributed by atoms with Crippen LogP contribution in [0.3, 0.4) is 0 Å². The van der Waals surface area contributed by atoms with Gasteiger partial charge < -0.3 is 14.9 Å². The number of carbonyl (C=O) groups is 2.